The summed E-state index contributed by atoms with van der Waals surface area (Å²) in [4.78, 5) is 2.26. The lowest BCUT2D eigenvalue weighted by molar-refractivity contribution is 0.594. The number of nitrogens with one attached hydrogen (secondary N) is 1. The number of anilines is 1. The lowest BCUT2D eigenvalue weighted by atomic mass is 10.2. The normalized spacial score (nSPS) is 10.7. The minimum Gasteiger partial charge on any atom is -0.371 e. The predicted octanol–water partition coefficient (Wildman–Crippen LogP) is 3.82. The Morgan fingerprint density at radius 3 is 2.37 bits per heavy atom. The van der Waals surface area contributed by atoms with Crippen molar-refractivity contribution in [1.82, 2.24) is 5.32 Å². The minimum absolute atomic E-state index is 0.172. The molecule has 0 spiro atoms. The molecular formula is C16H27FN2. The summed E-state index contributed by atoms with van der Waals surface area (Å²) in [6.45, 7) is 8.36. The Balaban J connectivity index is 2.20. The Kier molecular flexibility index (Phi) is 8.23. The van der Waals surface area contributed by atoms with Crippen LogP contribution in [0.5, 0.6) is 0 Å². The third-order valence-corrected chi connectivity index (χ3v) is 3.34. The highest BCUT2D eigenvalue weighted by Gasteiger charge is 2.03. The molecule has 1 aromatic rings. The van der Waals surface area contributed by atoms with Crippen molar-refractivity contribution in [3.63, 3.8) is 0 Å². The molecule has 2 nitrogen and oxygen atoms in total. The fourth-order valence-electron chi connectivity index (χ4n) is 2.14. The third-order valence-electron chi connectivity index (χ3n) is 3.34. The van der Waals surface area contributed by atoms with Crippen LogP contribution in [0, 0.1) is 5.82 Å². The number of nitrogens with zero attached hydrogens (tertiary/aromatic N) is 1. The zero-order valence-corrected chi connectivity index (χ0v) is 12.3. The number of hydrogen-bond donors (Lipinski definition) is 1. The lowest BCUT2D eigenvalue weighted by Gasteiger charge is -2.23. The molecule has 0 aromatic heterocycles. The maximum Gasteiger partial charge on any atom is 0.123 e. The van der Waals surface area contributed by atoms with Gasteiger partial charge in [0.25, 0.3) is 0 Å². The van der Waals surface area contributed by atoms with Gasteiger partial charge in [0.05, 0.1) is 0 Å². The van der Waals surface area contributed by atoms with Gasteiger partial charge in [-0.1, -0.05) is 26.2 Å². The van der Waals surface area contributed by atoms with Gasteiger partial charge in [-0.25, -0.2) is 4.39 Å². The quantitative estimate of drug-likeness (QED) is 0.648. The van der Waals surface area contributed by atoms with Crippen LogP contribution in [-0.4, -0.2) is 26.2 Å². The van der Waals surface area contributed by atoms with Gasteiger partial charge in [-0.05, 0) is 44.2 Å². The molecule has 1 N–H and O–H groups in total. The topological polar surface area (TPSA) is 15.3 Å². The fourth-order valence-corrected chi connectivity index (χ4v) is 2.14. The van der Waals surface area contributed by atoms with Gasteiger partial charge < -0.3 is 10.2 Å². The first-order valence-electron chi connectivity index (χ1n) is 7.49. The first-order valence-corrected chi connectivity index (χ1v) is 7.49. The van der Waals surface area contributed by atoms with Crippen molar-refractivity contribution in [2.45, 2.75) is 39.5 Å². The van der Waals surface area contributed by atoms with Crippen LogP contribution >= 0.6 is 0 Å². The summed E-state index contributed by atoms with van der Waals surface area (Å²) in [5.41, 5.74) is 1.09. The SMILES string of the molecule is CCCCCCNCCN(CC)c1ccc(F)cc1. The molecule has 108 valence electrons. The molecule has 0 aliphatic rings. The summed E-state index contributed by atoms with van der Waals surface area (Å²) in [6.07, 6.45) is 5.20. The van der Waals surface area contributed by atoms with Crippen molar-refractivity contribution in [2.24, 2.45) is 0 Å². The van der Waals surface area contributed by atoms with Crippen LogP contribution in [-0.2, 0) is 0 Å². The van der Waals surface area contributed by atoms with Gasteiger partial charge >= 0.3 is 0 Å². The van der Waals surface area contributed by atoms with Crippen molar-refractivity contribution in [3.8, 4) is 0 Å². The average Bonchev–Trinajstić information content (AvgIpc) is 2.43. The van der Waals surface area contributed by atoms with E-state index in [0.717, 1.165) is 31.9 Å². The summed E-state index contributed by atoms with van der Waals surface area (Å²) < 4.78 is 12.9. The number of likely N-dealkylation sites (N-methyl/N-ethyl adjacent to an activating group) is 1. The first kappa shape index (κ1) is 16.0. The van der Waals surface area contributed by atoms with Crippen molar-refractivity contribution in [3.05, 3.63) is 30.1 Å². The van der Waals surface area contributed by atoms with Gasteiger partial charge in [0.1, 0.15) is 5.82 Å². The number of benzene rings is 1. The summed E-state index contributed by atoms with van der Waals surface area (Å²) >= 11 is 0. The molecule has 0 aliphatic heterocycles. The van der Waals surface area contributed by atoms with Crippen LogP contribution in [0.2, 0.25) is 0 Å². The molecule has 0 heterocycles. The average molecular weight is 266 g/mol. The van der Waals surface area contributed by atoms with Crippen LogP contribution in [0.4, 0.5) is 10.1 Å². The number of halogens is 1. The van der Waals surface area contributed by atoms with Gasteiger partial charge in [-0.3, -0.25) is 0 Å². The van der Waals surface area contributed by atoms with Crippen LogP contribution in [0.25, 0.3) is 0 Å². The Hall–Kier alpha value is -1.09. The molecule has 1 aromatic carbocycles. The minimum atomic E-state index is -0.172. The van der Waals surface area contributed by atoms with Crippen LogP contribution in [0.1, 0.15) is 39.5 Å². The molecule has 3 heteroatoms. The molecule has 19 heavy (non-hydrogen) atoms. The van der Waals surface area contributed by atoms with E-state index in [1.54, 1.807) is 0 Å². The van der Waals surface area contributed by atoms with Gasteiger partial charge in [0.15, 0.2) is 0 Å². The number of unbranched alkanes of at least 4 members (excludes halogenated alkanes) is 3. The van der Waals surface area contributed by atoms with E-state index in [-0.39, 0.29) is 5.82 Å². The number of rotatable bonds is 10. The molecular weight excluding hydrogens is 239 g/mol. The zero-order chi connectivity index (χ0) is 13.9. The van der Waals surface area contributed by atoms with Crippen molar-refractivity contribution in [1.29, 1.82) is 0 Å². The summed E-state index contributed by atoms with van der Waals surface area (Å²) in [6, 6.07) is 6.74. The molecule has 0 fully saturated rings. The van der Waals surface area contributed by atoms with Gasteiger partial charge in [-0.2, -0.15) is 0 Å². The van der Waals surface area contributed by atoms with Gasteiger partial charge in [0.2, 0.25) is 0 Å². The lowest BCUT2D eigenvalue weighted by Crippen LogP contribution is -2.32. The highest BCUT2D eigenvalue weighted by atomic mass is 19.1. The van der Waals surface area contributed by atoms with E-state index in [9.17, 15) is 4.39 Å². The predicted molar refractivity (Wildman–Crippen MR) is 81.3 cm³/mol. The molecule has 0 amide bonds. The Morgan fingerprint density at radius 1 is 1.00 bits per heavy atom. The molecule has 0 atom stereocenters. The molecule has 0 saturated carbocycles. The van der Waals surface area contributed by atoms with Crippen LogP contribution in [0.3, 0.4) is 0 Å². The standard InChI is InChI=1S/C16H27FN2/c1-3-5-6-7-12-18-13-14-19(4-2)16-10-8-15(17)9-11-16/h8-11,18H,3-7,12-14H2,1-2H3. The molecule has 0 saturated heterocycles. The van der Waals surface area contributed by atoms with E-state index in [0.29, 0.717) is 0 Å². The maximum atomic E-state index is 12.9. The Labute approximate surface area is 117 Å². The van der Waals surface area contributed by atoms with E-state index in [1.807, 2.05) is 12.1 Å². The van der Waals surface area contributed by atoms with E-state index >= 15 is 0 Å². The molecule has 0 unspecified atom stereocenters. The third kappa shape index (κ3) is 6.58. The molecule has 0 radical (unpaired) electrons. The molecule has 0 aliphatic carbocycles. The molecule has 0 bridgehead atoms. The Bertz CT molecular complexity index is 324. The van der Waals surface area contributed by atoms with Crippen molar-refractivity contribution < 1.29 is 4.39 Å². The summed E-state index contributed by atoms with van der Waals surface area (Å²) in [5.74, 6) is -0.172. The largest absolute Gasteiger partial charge is 0.371 e. The Morgan fingerprint density at radius 2 is 1.74 bits per heavy atom. The second-order valence-corrected chi connectivity index (χ2v) is 4.87. The van der Waals surface area contributed by atoms with E-state index in [4.69, 9.17) is 0 Å². The number of hydrogen-bond acceptors (Lipinski definition) is 2. The highest BCUT2D eigenvalue weighted by Crippen LogP contribution is 2.13. The second-order valence-electron chi connectivity index (χ2n) is 4.87. The van der Waals surface area contributed by atoms with Crippen LogP contribution < -0.4 is 10.2 Å². The summed E-state index contributed by atoms with van der Waals surface area (Å²) in [5, 5.41) is 3.47. The monoisotopic (exact) mass is 266 g/mol. The van der Waals surface area contributed by atoms with Gasteiger partial charge in [0, 0.05) is 25.3 Å². The maximum absolute atomic E-state index is 12.9. The first-order chi connectivity index (χ1) is 9.27. The summed E-state index contributed by atoms with van der Waals surface area (Å²) in [7, 11) is 0. The van der Waals surface area contributed by atoms with Crippen molar-refractivity contribution in [2.75, 3.05) is 31.1 Å². The van der Waals surface area contributed by atoms with E-state index < -0.39 is 0 Å². The second kappa shape index (κ2) is 9.79. The van der Waals surface area contributed by atoms with Crippen molar-refractivity contribution >= 4 is 5.69 Å². The van der Waals surface area contributed by atoms with E-state index in [2.05, 4.69) is 24.1 Å². The smallest absolute Gasteiger partial charge is 0.123 e. The highest BCUT2D eigenvalue weighted by molar-refractivity contribution is 5.46. The zero-order valence-electron chi connectivity index (χ0n) is 12.3. The molecule has 1 rings (SSSR count). The van der Waals surface area contributed by atoms with E-state index in [1.165, 1.54) is 37.8 Å². The van der Waals surface area contributed by atoms with Gasteiger partial charge in [-0.15, -0.1) is 0 Å². The fraction of sp³-hybridized carbons (Fsp3) is 0.625. The van der Waals surface area contributed by atoms with Crippen LogP contribution in [0.15, 0.2) is 24.3 Å².